The van der Waals surface area contributed by atoms with E-state index in [9.17, 15) is 33.0 Å². The van der Waals surface area contributed by atoms with Gasteiger partial charge in [0.15, 0.2) is 6.61 Å². The number of phenolic OH excluding ortho intramolecular Hbond substituents is 1. The van der Waals surface area contributed by atoms with Gasteiger partial charge in [-0.2, -0.15) is 13.2 Å². The molecule has 1 amide bonds. The van der Waals surface area contributed by atoms with Crippen molar-refractivity contribution in [1.29, 1.82) is 0 Å². The molecule has 0 spiro atoms. The minimum atomic E-state index is -4.50. The number of aromatic amines is 1. The number of β-amino-alcohol motifs (C(OH)–C–C–N with tert-alkyl or cyclic N) is 1. The van der Waals surface area contributed by atoms with Crippen LogP contribution in [-0.2, 0) is 16.5 Å². The minimum absolute atomic E-state index is 0.112. The van der Waals surface area contributed by atoms with Crippen molar-refractivity contribution in [2.24, 2.45) is 5.41 Å². The van der Waals surface area contributed by atoms with Crippen molar-refractivity contribution in [2.75, 3.05) is 18.5 Å². The Balaban J connectivity index is 1.23. The maximum atomic E-state index is 13.3. The van der Waals surface area contributed by atoms with Gasteiger partial charge in [0.05, 0.1) is 33.9 Å². The first-order chi connectivity index (χ1) is 18.7. The number of phenols is 1. The molecule has 2 aliphatic carbocycles. The van der Waals surface area contributed by atoms with Crippen molar-refractivity contribution in [3.8, 4) is 11.5 Å². The normalized spacial score (nSPS) is 25.1. The van der Waals surface area contributed by atoms with Crippen LogP contribution in [0.25, 0.3) is 11.0 Å². The third kappa shape index (κ3) is 4.07. The van der Waals surface area contributed by atoms with E-state index in [1.54, 1.807) is 4.57 Å². The van der Waals surface area contributed by atoms with E-state index in [-0.39, 0.29) is 35.7 Å². The lowest BCUT2D eigenvalue weighted by Crippen LogP contribution is -2.53. The van der Waals surface area contributed by atoms with Gasteiger partial charge in [0.25, 0.3) is 5.91 Å². The number of carbonyl (C=O) groups excluding carboxylic acids is 1. The number of carbonyl (C=O) groups is 1. The highest BCUT2D eigenvalue weighted by atomic mass is 19.4. The SMILES string of the molecule is CC(C)(NCC(O)c1cc(O)cc2c1OCC(=O)N2)C12CCC(n3c(=O)[nH]c4cc(C(F)(F)F)ccc43)(CC1)C2. The zero-order valence-electron chi connectivity index (χ0n) is 22.1. The number of aliphatic hydroxyl groups is 1. The van der Waals surface area contributed by atoms with Gasteiger partial charge in [-0.3, -0.25) is 9.36 Å². The predicted octanol–water partition coefficient (Wildman–Crippen LogP) is 4.15. The molecule has 2 aromatic carbocycles. The molecule has 1 aliphatic heterocycles. The molecule has 1 aromatic heterocycles. The van der Waals surface area contributed by atoms with Crippen molar-refractivity contribution in [1.82, 2.24) is 14.9 Å². The number of rotatable bonds is 6. The second-order valence-electron chi connectivity index (χ2n) is 11.9. The molecule has 5 N–H and O–H groups in total. The molecule has 2 fully saturated rings. The van der Waals surface area contributed by atoms with Crippen molar-refractivity contribution < 1.29 is 32.9 Å². The van der Waals surface area contributed by atoms with Crippen LogP contribution in [-0.4, -0.2) is 44.4 Å². The van der Waals surface area contributed by atoms with E-state index >= 15 is 0 Å². The second-order valence-corrected chi connectivity index (χ2v) is 11.9. The van der Waals surface area contributed by atoms with Crippen LogP contribution >= 0.6 is 0 Å². The Labute approximate surface area is 227 Å². The number of amides is 1. The van der Waals surface area contributed by atoms with Crippen molar-refractivity contribution >= 4 is 22.6 Å². The van der Waals surface area contributed by atoms with Gasteiger partial charge in [0, 0.05) is 23.7 Å². The van der Waals surface area contributed by atoms with Crippen LogP contribution in [0.3, 0.4) is 0 Å². The summed E-state index contributed by atoms with van der Waals surface area (Å²) in [6.07, 6.45) is -1.85. The Bertz CT molecular complexity index is 1570. The fourth-order valence-electron chi connectivity index (χ4n) is 7.20. The molecule has 0 saturated heterocycles. The van der Waals surface area contributed by atoms with Crippen molar-refractivity contribution in [3.05, 3.63) is 51.9 Å². The molecule has 1 atom stereocenters. The number of fused-ring (bicyclic) bond motifs is 4. The van der Waals surface area contributed by atoms with E-state index in [1.807, 2.05) is 0 Å². The van der Waals surface area contributed by atoms with E-state index in [0.29, 0.717) is 41.8 Å². The van der Waals surface area contributed by atoms with Gasteiger partial charge in [0.1, 0.15) is 11.5 Å². The number of anilines is 1. The summed E-state index contributed by atoms with van der Waals surface area (Å²) >= 11 is 0. The van der Waals surface area contributed by atoms with E-state index in [2.05, 4.69) is 29.5 Å². The van der Waals surface area contributed by atoms with Crippen LogP contribution in [0.2, 0.25) is 0 Å². The van der Waals surface area contributed by atoms with Crippen LogP contribution in [0.5, 0.6) is 11.5 Å². The van der Waals surface area contributed by atoms with Crippen LogP contribution in [0, 0.1) is 5.41 Å². The van der Waals surface area contributed by atoms with Crippen LogP contribution < -0.4 is 21.1 Å². The molecule has 9 nitrogen and oxygen atoms in total. The molecule has 0 radical (unpaired) electrons. The molecule has 214 valence electrons. The number of imidazole rings is 1. The molecule has 3 aromatic rings. The number of H-pyrrole nitrogens is 1. The summed E-state index contributed by atoms with van der Waals surface area (Å²) in [5.74, 6) is -0.145. The van der Waals surface area contributed by atoms with Gasteiger partial charge in [-0.1, -0.05) is 0 Å². The zero-order valence-corrected chi connectivity index (χ0v) is 22.1. The molecule has 12 heteroatoms. The third-order valence-corrected chi connectivity index (χ3v) is 9.44. The molecular formula is C28H31F3N4O5. The Kier molecular flexibility index (Phi) is 5.84. The number of benzene rings is 2. The number of aromatic hydroxyl groups is 1. The fraction of sp³-hybridized carbons (Fsp3) is 0.500. The summed E-state index contributed by atoms with van der Waals surface area (Å²) < 4.78 is 47.0. The maximum Gasteiger partial charge on any atom is 0.416 e. The minimum Gasteiger partial charge on any atom is -0.508 e. The standard InChI is InChI=1S/C28H31F3N4O5/c1-25(2,32-12-21(37)17-10-16(36)11-19-23(17)40-13-22(38)33-19)26-5-7-27(14-26,8-6-26)35-20-4-3-15(28(29,30)31)9-18(20)34-24(35)39/h3-4,9-11,21,32,36-37H,5-8,12-14H2,1-2H3,(H,33,38)(H,34,39). The lowest BCUT2D eigenvalue weighted by atomic mass is 9.69. The van der Waals surface area contributed by atoms with Gasteiger partial charge in [0.2, 0.25) is 0 Å². The number of halogens is 3. The van der Waals surface area contributed by atoms with E-state index < -0.39 is 34.6 Å². The lowest BCUT2D eigenvalue weighted by molar-refractivity contribution is -0.137. The van der Waals surface area contributed by atoms with Crippen LogP contribution in [0.15, 0.2) is 35.1 Å². The molecule has 2 heterocycles. The molecular weight excluding hydrogens is 529 g/mol. The van der Waals surface area contributed by atoms with Crippen molar-refractivity contribution in [3.63, 3.8) is 0 Å². The highest BCUT2D eigenvalue weighted by Gasteiger charge is 2.61. The van der Waals surface area contributed by atoms with Gasteiger partial charge in [-0.05, 0) is 75.6 Å². The molecule has 3 aliphatic rings. The topological polar surface area (TPSA) is 129 Å². The molecule has 2 saturated carbocycles. The Morgan fingerprint density at radius 2 is 1.85 bits per heavy atom. The number of nitrogens with one attached hydrogen (secondary N) is 3. The van der Waals surface area contributed by atoms with Gasteiger partial charge >= 0.3 is 11.9 Å². The number of aromatic nitrogens is 2. The molecule has 2 bridgehead atoms. The average Bonchev–Trinajstić information content (AvgIpc) is 3.56. The Hall–Kier alpha value is -3.51. The Morgan fingerprint density at radius 3 is 2.55 bits per heavy atom. The third-order valence-electron chi connectivity index (χ3n) is 9.44. The fourth-order valence-corrected chi connectivity index (χ4v) is 7.20. The first-order valence-corrected chi connectivity index (χ1v) is 13.3. The molecule has 6 rings (SSSR count). The lowest BCUT2D eigenvalue weighted by Gasteiger charge is -2.44. The number of hydrogen-bond donors (Lipinski definition) is 5. The summed E-state index contributed by atoms with van der Waals surface area (Å²) in [6, 6.07) is 6.17. The number of nitrogens with zero attached hydrogens (tertiary/aromatic N) is 1. The Morgan fingerprint density at radius 1 is 1.12 bits per heavy atom. The maximum absolute atomic E-state index is 13.3. The first kappa shape index (κ1) is 26.7. The second kappa shape index (κ2) is 8.74. The summed E-state index contributed by atoms with van der Waals surface area (Å²) in [4.78, 5) is 27.4. The predicted molar refractivity (Wildman–Crippen MR) is 140 cm³/mol. The van der Waals surface area contributed by atoms with E-state index in [0.717, 1.165) is 25.0 Å². The number of alkyl halides is 3. The summed E-state index contributed by atoms with van der Waals surface area (Å²) in [6.45, 7) is 4.07. The van der Waals surface area contributed by atoms with Crippen LogP contribution in [0.1, 0.15) is 63.2 Å². The van der Waals surface area contributed by atoms with Gasteiger partial charge < -0.3 is 30.6 Å². The highest BCUT2D eigenvalue weighted by molar-refractivity contribution is 5.96. The molecule has 1 unspecified atom stereocenters. The van der Waals surface area contributed by atoms with E-state index in [4.69, 9.17) is 4.74 Å². The molecule has 40 heavy (non-hydrogen) atoms. The summed E-state index contributed by atoms with van der Waals surface area (Å²) in [5, 5.41) is 27.3. The smallest absolute Gasteiger partial charge is 0.416 e. The average molecular weight is 561 g/mol. The largest absolute Gasteiger partial charge is 0.508 e. The zero-order chi connectivity index (χ0) is 28.7. The monoisotopic (exact) mass is 560 g/mol. The number of aliphatic hydroxyl groups excluding tert-OH is 1. The van der Waals surface area contributed by atoms with Gasteiger partial charge in [-0.25, -0.2) is 4.79 Å². The summed E-state index contributed by atoms with van der Waals surface area (Å²) in [7, 11) is 0. The number of hydrogen-bond acceptors (Lipinski definition) is 6. The quantitative estimate of drug-likeness (QED) is 0.308. The van der Waals surface area contributed by atoms with Crippen molar-refractivity contribution in [2.45, 2.75) is 69.3 Å². The van der Waals surface area contributed by atoms with Crippen LogP contribution in [0.4, 0.5) is 18.9 Å². The summed E-state index contributed by atoms with van der Waals surface area (Å²) in [5.41, 5.74) is -1.12. The number of ether oxygens (including phenoxy) is 1. The van der Waals surface area contributed by atoms with Gasteiger partial charge in [-0.15, -0.1) is 0 Å². The first-order valence-electron chi connectivity index (χ1n) is 13.3. The van der Waals surface area contributed by atoms with E-state index in [1.165, 1.54) is 18.2 Å². The highest BCUT2D eigenvalue weighted by Crippen LogP contribution is 2.64.